The van der Waals surface area contributed by atoms with Crippen molar-refractivity contribution in [3.8, 4) is 5.69 Å². The number of thioether (sulfide) groups is 1. The Bertz CT molecular complexity index is 1070. The normalized spacial score (nSPS) is 10.7. The van der Waals surface area contributed by atoms with Crippen LogP contribution in [0.1, 0.15) is 22.3 Å². The van der Waals surface area contributed by atoms with Gasteiger partial charge in [0.05, 0.1) is 5.75 Å². The summed E-state index contributed by atoms with van der Waals surface area (Å²) in [4.78, 5) is 29.3. The average molecular weight is 394 g/mol. The van der Waals surface area contributed by atoms with Crippen LogP contribution in [0.3, 0.4) is 0 Å². The highest BCUT2D eigenvalue weighted by atomic mass is 32.2. The molecule has 0 atom stereocenters. The number of hydrogen-bond acceptors (Lipinski definition) is 4. The van der Waals surface area contributed by atoms with Crippen molar-refractivity contribution in [2.45, 2.75) is 32.7 Å². The first-order chi connectivity index (χ1) is 13.3. The molecule has 0 aliphatic rings. The summed E-state index contributed by atoms with van der Waals surface area (Å²) in [5.41, 5.74) is 5.66. The molecule has 1 heterocycles. The quantitative estimate of drug-likeness (QED) is 0.660. The molecule has 0 aliphatic heterocycles. The summed E-state index contributed by atoms with van der Waals surface area (Å²) in [6.45, 7) is 7.95. The van der Waals surface area contributed by atoms with Crippen LogP contribution < -0.4 is 10.9 Å². The third kappa shape index (κ3) is 4.51. The Morgan fingerprint density at radius 1 is 1.07 bits per heavy atom. The topological polar surface area (TPSA) is 64.0 Å². The Morgan fingerprint density at radius 2 is 1.79 bits per heavy atom. The van der Waals surface area contributed by atoms with Crippen LogP contribution in [-0.2, 0) is 4.79 Å². The minimum atomic E-state index is -0.228. The number of aryl methyl sites for hydroxylation is 4. The first kappa shape index (κ1) is 19.9. The first-order valence-corrected chi connectivity index (χ1v) is 9.99. The minimum absolute atomic E-state index is 0.118. The van der Waals surface area contributed by atoms with Gasteiger partial charge in [0.25, 0.3) is 5.56 Å². The van der Waals surface area contributed by atoms with Gasteiger partial charge in [-0.2, -0.15) is 0 Å². The largest absolute Gasteiger partial charge is 0.325 e. The van der Waals surface area contributed by atoms with Gasteiger partial charge in [-0.3, -0.25) is 14.2 Å². The number of aromatic nitrogens is 2. The number of carbonyl (C=O) groups excluding carboxylic acids is 1. The van der Waals surface area contributed by atoms with E-state index >= 15 is 0 Å². The lowest BCUT2D eigenvalue weighted by molar-refractivity contribution is -0.113. The van der Waals surface area contributed by atoms with Crippen molar-refractivity contribution in [2.75, 3.05) is 11.1 Å². The summed E-state index contributed by atoms with van der Waals surface area (Å²) in [7, 11) is 0. The maximum absolute atomic E-state index is 12.7. The summed E-state index contributed by atoms with van der Waals surface area (Å²) in [5.74, 6) is -0.0421. The van der Waals surface area contributed by atoms with Crippen LogP contribution in [0.25, 0.3) is 5.69 Å². The van der Waals surface area contributed by atoms with E-state index in [-0.39, 0.29) is 17.2 Å². The Hall–Kier alpha value is -2.86. The van der Waals surface area contributed by atoms with Gasteiger partial charge < -0.3 is 5.32 Å². The van der Waals surface area contributed by atoms with Crippen LogP contribution >= 0.6 is 11.8 Å². The first-order valence-electron chi connectivity index (χ1n) is 9.00. The molecule has 28 heavy (non-hydrogen) atoms. The molecule has 0 bridgehead atoms. The standard InChI is InChI=1S/C22H23N3O2S/c1-14-6-5-7-18(12-14)25-9-8-23-21(22(25)27)28-13-19(26)24-20-16(3)10-15(2)11-17(20)4/h5-12H,13H2,1-4H3,(H,24,26). The molecule has 3 aromatic rings. The van der Waals surface area contributed by atoms with Gasteiger partial charge >= 0.3 is 0 Å². The fourth-order valence-electron chi connectivity index (χ4n) is 3.16. The molecule has 1 aromatic heterocycles. The monoisotopic (exact) mass is 393 g/mol. The third-order valence-corrected chi connectivity index (χ3v) is 5.33. The minimum Gasteiger partial charge on any atom is -0.325 e. The van der Waals surface area contributed by atoms with Crippen molar-refractivity contribution < 1.29 is 4.79 Å². The van der Waals surface area contributed by atoms with Crippen LogP contribution in [0.2, 0.25) is 0 Å². The molecule has 2 aromatic carbocycles. The summed E-state index contributed by atoms with van der Waals surface area (Å²) in [5, 5.41) is 3.26. The number of carbonyl (C=O) groups is 1. The Labute approximate surface area is 168 Å². The van der Waals surface area contributed by atoms with Crippen molar-refractivity contribution in [1.29, 1.82) is 0 Å². The molecule has 1 amide bonds. The van der Waals surface area contributed by atoms with Crippen molar-refractivity contribution in [3.05, 3.63) is 81.4 Å². The molecule has 1 N–H and O–H groups in total. The SMILES string of the molecule is Cc1cccc(-n2ccnc(SCC(=O)Nc3c(C)cc(C)cc3C)c2=O)c1. The smallest absolute Gasteiger partial charge is 0.287 e. The van der Waals surface area contributed by atoms with Crippen LogP contribution in [-0.4, -0.2) is 21.2 Å². The fraction of sp³-hybridized carbons (Fsp3) is 0.227. The highest BCUT2D eigenvalue weighted by Crippen LogP contribution is 2.22. The molecule has 0 fully saturated rings. The predicted molar refractivity (Wildman–Crippen MR) is 115 cm³/mol. The lowest BCUT2D eigenvalue weighted by Crippen LogP contribution is -2.22. The van der Waals surface area contributed by atoms with E-state index in [1.807, 2.05) is 64.1 Å². The molecule has 0 saturated heterocycles. The van der Waals surface area contributed by atoms with Gasteiger partial charge in [0.15, 0.2) is 5.03 Å². The van der Waals surface area contributed by atoms with E-state index in [0.29, 0.717) is 5.03 Å². The van der Waals surface area contributed by atoms with Gasteiger partial charge in [-0.15, -0.1) is 0 Å². The molecule has 144 valence electrons. The van der Waals surface area contributed by atoms with E-state index in [1.54, 1.807) is 17.0 Å². The van der Waals surface area contributed by atoms with Crippen LogP contribution in [0.4, 0.5) is 5.69 Å². The molecule has 0 aliphatic carbocycles. The molecule has 3 rings (SSSR count). The maximum Gasteiger partial charge on any atom is 0.287 e. The molecule has 6 heteroatoms. The second-order valence-electron chi connectivity index (χ2n) is 6.86. The van der Waals surface area contributed by atoms with Crippen molar-refractivity contribution in [1.82, 2.24) is 9.55 Å². The van der Waals surface area contributed by atoms with E-state index in [0.717, 1.165) is 45.4 Å². The zero-order valence-electron chi connectivity index (χ0n) is 16.4. The Balaban J connectivity index is 1.74. The zero-order valence-corrected chi connectivity index (χ0v) is 17.3. The van der Waals surface area contributed by atoms with Gasteiger partial charge in [-0.25, -0.2) is 4.98 Å². The second-order valence-corrected chi connectivity index (χ2v) is 7.82. The van der Waals surface area contributed by atoms with Crippen molar-refractivity contribution >= 4 is 23.4 Å². The van der Waals surface area contributed by atoms with Gasteiger partial charge in [-0.05, 0) is 56.5 Å². The van der Waals surface area contributed by atoms with Crippen LogP contribution in [0.5, 0.6) is 0 Å². The Morgan fingerprint density at radius 3 is 2.46 bits per heavy atom. The Kier molecular flexibility index (Phi) is 5.99. The summed E-state index contributed by atoms with van der Waals surface area (Å²) in [6.07, 6.45) is 3.22. The fourth-order valence-corrected chi connectivity index (χ4v) is 3.86. The summed E-state index contributed by atoms with van der Waals surface area (Å²) in [6, 6.07) is 11.8. The molecule has 0 radical (unpaired) electrons. The molecular formula is C22H23N3O2S. The third-order valence-electron chi connectivity index (χ3n) is 4.37. The molecule has 5 nitrogen and oxygen atoms in total. The number of benzene rings is 2. The molecular weight excluding hydrogens is 370 g/mol. The molecule has 0 spiro atoms. The van der Waals surface area contributed by atoms with E-state index in [2.05, 4.69) is 10.3 Å². The molecule has 0 unspecified atom stereocenters. The number of nitrogens with zero attached hydrogens (tertiary/aromatic N) is 2. The predicted octanol–water partition coefficient (Wildman–Crippen LogP) is 4.20. The van der Waals surface area contributed by atoms with E-state index in [9.17, 15) is 9.59 Å². The lowest BCUT2D eigenvalue weighted by Gasteiger charge is -2.13. The van der Waals surface area contributed by atoms with Crippen LogP contribution in [0.15, 0.2) is 58.6 Å². The summed E-state index contributed by atoms with van der Waals surface area (Å²) >= 11 is 1.15. The second kappa shape index (κ2) is 8.44. The lowest BCUT2D eigenvalue weighted by atomic mass is 10.1. The average Bonchev–Trinajstić information content (AvgIpc) is 2.64. The van der Waals surface area contributed by atoms with E-state index in [1.165, 1.54) is 0 Å². The van der Waals surface area contributed by atoms with Gasteiger partial charge in [0.1, 0.15) is 0 Å². The van der Waals surface area contributed by atoms with Gasteiger partial charge in [0.2, 0.25) is 5.91 Å². The molecule has 0 saturated carbocycles. The van der Waals surface area contributed by atoms with E-state index < -0.39 is 0 Å². The summed E-state index contributed by atoms with van der Waals surface area (Å²) < 4.78 is 1.55. The number of amides is 1. The number of nitrogens with one attached hydrogen (secondary N) is 1. The number of anilines is 1. The highest BCUT2D eigenvalue weighted by molar-refractivity contribution is 7.99. The van der Waals surface area contributed by atoms with Crippen molar-refractivity contribution in [3.63, 3.8) is 0 Å². The highest BCUT2D eigenvalue weighted by Gasteiger charge is 2.12. The van der Waals surface area contributed by atoms with E-state index in [4.69, 9.17) is 0 Å². The van der Waals surface area contributed by atoms with Crippen LogP contribution in [0, 0.1) is 27.7 Å². The van der Waals surface area contributed by atoms with Gasteiger partial charge in [0, 0.05) is 23.8 Å². The maximum atomic E-state index is 12.7. The number of rotatable bonds is 5. The van der Waals surface area contributed by atoms with Gasteiger partial charge in [-0.1, -0.05) is 41.6 Å². The van der Waals surface area contributed by atoms with Crippen molar-refractivity contribution in [2.24, 2.45) is 0 Å². The zero-order chi connectivity index (χ0) is 20.3. The number of hydrogen-bond donors (Lipinski definition) is 1.